The van der Waals surface area contributed by atoms with Crippen LogP contribution in [0, 0.1) is 17.7 Å². The number of benzene rings is 5. The number of nitrogens with one attached hydrogen (secondary N) is 12. The summed E-state index contributed by atoms with van der Waals surface area (Å²) >= 11 is 0.775. The van der Waals surface area contributed by atoms with Gasteiger partial charge in [-0.05, 0) is 153 Å². The van der Waals surface area contributed by atoms with Crippen molar-refractivity contribution in [3.63, 3.8) is 0 Å². The number of phenolic OH excluding ortho intramolecular Hbond substituents is 2. The monoisotopic (exact) mass is 1860 g/mol. The van der Waals surface area contributed by atoms with E-state index in [2.05, 4.69) is 63.5 Å². The van der Waals surface area contributed by atoms with Crippen molar-refractivity contribution >= 4 is 117 Å². The summed E-state index contributed by atoms with van der Waals surface area (Å²) in [6.45, 7) is 7.85. The summed E-state index contributed by atoms with van der Waals surface area (Å²) in [5.41, 5.74) is 12.2. The summed E-state index contributed by atoms with van der Waals surface area (Å²) in [7, 11) is 4.00. The van der Waals surface area contributed by atoms with Crippen LogP contribution in [-0.2, 0) is 109 Å². The lowest BCUT2D eigenvalue weighted by Gasteiger charge is -2.39. The molecule has 3 aliphatic rings. The van der Waals surface area contributed by atoms with Gasteiger partial charge in [0.1, 0.15) is 89.8 Å². The van der Waals surface area contributed by atoms with Crippen LogP contribution in [-0.4, -0.2) is 271 Å². The first-order chi connectivity index (χ1) is 63.4. The van der Waals surface area contributed by atoms with Crippen LogP contribution < -0.4 is 70.0 Å². The largest absolute Gasteiger partial charge is 0.508 e. The van der Waals surface area contributed by atoms with Crippen molar-refractivity contribution in [2.24, 2.45) is 23.3 Å². The highest BCUT2D eigenvalue weighted by Gasteiger charge is 2.48. The Kier molecular flexibility index (Phi) is 38.5. The van der Waals surface area contributed by atoms with Crippen LogP contribution in [0.2, 0.25) is 0 Å². The summed E-state index contributed by atoms with van der Waals surface area (Å²) in [5.74, 6) is -18.5. The first-order valence-electron chi connectivity index (χ1n) is 44.9. The second-order valence-electron chi connectivity index (χ2n) is 34.9. The average Bonchev–Trinajstić information content (AvgIpc) is 1.07. The number of carboxylic acid groups (broad SMARTS) is 1. The SMILES string of the molecule is CCCC[C@H]1C(=O)N2CCC[C@@H]2C(=O)N[C@@H](CC(=O)O)C(=O)N[C@@H](C(C)C)C(=O)N(C)[C@@H](CC(C)C)C(=O)N[C@@H](Cc2ccc(O)cc2)C(=O)N[C@@]2(CCCCN2)C(=O)N[C@@H](Cc2c[nH]c3ccccc23)C(=O)N[C@@H](Cc2ccc(O)cc2)C(=O)N[C@@H](CCCN)C(=O)N[C@H](C(=O)NCC(N)=O)CSCC(=O)N[C@@H](Cc2ccc(F)cc2)C(=O)N(C)[C@@H](Cc2ccccc2)C(=O)N1C. The molecule has 19 N–H and O–H groups in total. The number of aromatic nitrogens is 1. The number of nitrogens with two attached hydrogens (primary N) is 2. The van der Waals surface area contributed by atoms with Gasteiger partial charge in [0.25, 0.3) is 5.91 Å². The molecule has 39 heteroatoms. The average molecular weight is 1860 g/mol. The van der Waals surface area contributed by atoms with Gasteiger partial charge in [0, 0.05) is 82.6 Å². The van der Waals surface area contributed by atoms with Gasteiger partial charge in [-0.2, -0.15) is 0 Å². The number of aromatic hydroxyl groups is 2. The molecule has 3 saturated heterocycles. The number of thioether (sulfide) groups is 1. The number of unbranched alkanes of at least 4 members (excludes halogenated alkanes) is 1. The lowest BCUT2D eigenvalue weighted by molar-refractivity contribution is -0.152. The van der Waals surface area contributed by atoms with Crippen LogP contribution in [0.3, 0.4) is 0 Å². The summed E-state index contributed by atoms with van der Waals surface area (Å²) in [4.78, 5) is 246. The van der Waals surface area contributed by atoms with Crippen LogP contribution in [0.15, 0.2) is 134 Å². The lowest BCUT2D eigenvalue weighted by atomic mass is 9.94. The number of fused-ring (bicyclic) bond motifs is 2. The Balaban J connectivity index is 1.14. The molecular formula is C94H125FN18O19S. The number of hydrogen-bond donors (Lipinski definition) is 17. The highest BCUT2D eigenvalue weighted by Crippen LogP contribution is 2.28. The standard InChI is InChI=1S/C94H125FN18O19S/c1-9-10-25-74-91(130)113-42-19-26-73(113)87(126)105-70(49-79(118)119)85(124)108-80(55(4)5)92(131)111(7)75(43-54(2)3)88(127)104-68(45-59-31-37-63(115)38-32-59)86(125)109-94(39-16-17-41-100-94)93(132)107-69(48-60-50-98-65-23-15-14-22-64(60)65)84(123)103-67(44-58-29-35-62(114)36-30-58)83(122)102-66(24-18-40-96)82(121)106-72(81(120)99-51-77(97)116)52-133-53-78(117)101-71(46-57-27-33-61(95)34-28-57)89(128)112(8)76(90(129)110(74)6)47-56-20-12-11-13-21-56/h11-15,20-23,27-38,50,54-55,66-76,80,98,100,114-115H,9-10,16-19,24-26,39-49,51-53,96H2,1-8H3,(H2,97,116)(H,99,120)(H,101,117)(H,102,122)(H,103,123)(H,104,127)(H,105,126)(H,106,121)(H,107,132)(H,108,124)(H,109,125)(H,118,119)/t66-,67-,68-,69-,70-,71-,72-,73+,74-,75-,76-,80-,94-/m0/s1. The number of piperidine rings is 1. The maximum atomic E-state index is 15.8. The van der Waals surface area contributed by atoms with E-state index in [1.165, 1.54) is 91.6 Å². The molecule has 0 aliphatic carbocycles. The molecule has 6 aromatic rings. The minimum Gasteiger partial charge on any atom is -0.508 e. The van der Waals surface area contributed by atoms with Crippen LogP contribution in [0.1, 0.15) is 139 Å². The van der Waals surface area contributed by atoms with Gasteiger partial charge in [-0.3, -0.25) is 82.0 Å². The van der Waals surface area contributed by atoms with E-state index in [9.17, 15) is 48.5 Å². The van der Waals surface area contributed by atoms with Crippen molar-refractivity contribution in [1.82, 2.24) is 83.1 Å². The number of phenols is 2. The third-order valence-electron chi connectivity index (χ3n) is 24.0. The number of carbonyl (C=O) groups excluding carboxylic acids is 15. The fourth-order valence-electron chi connectivity index (χ4n) is 16.5. The predicted octanol–water partition coefficient (Wildman–Crippen LogP) is 1.62. The normalized spacial score (nSPS) is 24.3. The van der Waals surface area contributed by atoms with E-state index in [-0.39, 0.29) is 114 Å². The van der Waals surface area contributed by atoms with Crippen LogP contribution in [0.25, 0.3) is 10.9 Å². The smallest absolute Gasteiger partial charge is 0.305 e. The van der Waals surface area contributed by atoms with Crippen molar-refractivity contribution in [1.29, 1.82) is 0 Å². The van der Waals surface area contributed by atoms with Gasteiger partial charge in [-0.15, -0.1) is 11.8 Å². The summed E-state index contributed by atoms with van der Waals surface area (Å²) in [6.07, 6.45) is 0.808. The van der Waals surface area contributed by atoms with E-state index in [0.717, 1.165) is 33.7 Å². The molecule has 718 valence electrons. The topological polar surface area (TPSA) is 547 Å². The number of para-hydroxylation sites is 1. The second kappa shape index (κ2) is 49.4. The Morgan fingerprint density at radius 2 is 1.11 bits per heavy atom. The molecule has 0 unspecified atom stereocenters. The lowest BCUT2D eigenvalue weighted by Crippen LogP contribution is -2.72. The highest BCUT2D eigenvalue weighted by molar-refractivity contribution is 8.00. The Morgan fingerprint density at radius 1 is 0.556 bits per heavy atom. The molecule has 9 rings (SSSR count). The fraction of sp³-hybridized carbons (Fsp3) is 0.489. The van der Waals surface area contributed by atoms with Gasteiger partial charge < -0.3 is 105 Å². The van der Waals surface area contributed by atoms with Gasteiger partial charge >= 0.3 is 5.97 Å². The number of H-pyrrole nitrogens is 1. The zero-order chi connectivity index (χ0) is 96.9. The number of halogens is 1. The van der Waals surface area contributed by atoms with E-state index < -0.39 is 209 Å². The zero-order valence-electron chi connectivity index (χ0n) is 76.2. The zero-order valence-corrected chi connectivity index (χ0v) is 77.0. The number of carbonyl (C=O) groups is 16. The van der Waals surface area contributed by atoms with E-state index >= 15 is 47.9 Å². The molecular weight excluding hydrogens is 1740 g/mol. The van der Waals surface area contributed by atoms with Crippen molar-refractivity contribution in [2.45, 2.75) is 222 Å². The number of aliphatic carboxylic acids is 1. The summed E-state index contributed by atoms with van der Waals surface area (Å²) in [6, 6.07) is 13.4. The van der Waals surface area contributed by atoms with Crippen molar-refractivity contribution < 1.29 is 96.4 Å². The Morgan fingerprint density at radius 3 is 1.71 bits per heavy atom. The van der Waals surface area contributed by atoms with E-state index in [0.29, 0.717) is 64.4 Å². The predicted molar refractivity (Wildman–Crippen MR) is 492 cm³/mol. The molecule has 13 atom stereocenters. The van der Waals surface area contributed by atoms with Crippen LogP contribution >= 0.6 is 11.8 Å². The molecule has 1 aromatic heterocycles. The van der Waals surface area contributed by atoms with Crippen LogP contribution in [0.5, 0.6) is 11.5 Å². The first-order valence-corrected chi connectivity index (χ1v) is 46.1. The van der Waals surface area contributed by atoms with E-state index in [1.807, 2.05) is 6.92 Å². The number of likely N-dealkylation sites (N-methyl/N-ethyl adjacent to an activating group) is 3. The summed E-state index contributed by atoms with van der Waals surface area (Å²) < 4.78 is 14.6. The Labute approximate surface area is 775 Å². The molecule has 5 aromatic carbocycles. The maximum absolute atomic E-state index is 15.8. The van der Waals surface area contributed by atoms with Gasteiger partial charge in [0.2, 0.25) is 82.7 Å². The van der Waals surface area contributed by atoms with Crippen molar-refractivity contribution in [3.05, 3.63) is 167 Å². The van der Waals surface area contributed by atoms with Gasteiger partial charge in [-0.1, -0.05) is 132 Å². The number of carboxylic acids is 1. The number of hydrogen-bond acceptors (Lipinski definition) is 21. The fourth-order valence-corrected chi connectivity index (χ4v) is 17.4. The molecule has 3 aliphatic heterocycles. The van der Waals surface area contributed by atoms with E-state index in [4.69, 9.17) is 11.5 Å². The third kappa shape index (κ3) is 29.5. The number of aromatic amines is 1. The third-order valence-corrected chi connectivity index (χ3v) is 25.0. The van der Waals surface area contributed by atoms with E-state index in [1.54, 1.807) is 88.5 Å². The number of rotatable bonds is 24. The molecule has 0 radical (unpaired) electrons. The van der Waals surface area contributed by atoms with Crippen molar-refractivity contribution in [2.75, 3.05) is 58.8 Å². The molecule has 3 fully saturated rings. The van der Waals surface area contributed by atoms with Crippen molar-refractivity contribution in [3.8, 4) is 11.5 Å². The van der Waals surface area contributed by atoms with Gasteiger partial charge in [0.05, 0.1) is 18.7 Å². The molecule has 133 heavy (non-hydrogen) atoms. The van der Waals surface area contributed by atoms with Gasteiger partial charge in [-0.25, -0.2) is 4.39 Å². The minimum absolute atomic E-state index is 0.00593. The Bertz CT molecular complexity index is 5080. The maximum Gasteiger partial charge on any atom is 0.305 e. The molecule has 0 bridgehead atoms. The molecule has 37 nitrogen and oxygen atoms in total. The van der Waals surface area contributed by atoms with Crippen LogP contribution in [0.4, 0.5) is 4.39 Å². The first kappa shape index (κ1) is 104. The molecule has 0 saturated carbocycles. The molecule has 1 spiro atoms. The summed E-state index contributed by atoms with van der Waals surface area (Å²) in [5, 5.41) is 62.1. The Hall–Kier alpha value is -13.0. The highest BCUT2D eigenvalue weighted by atomic mass is 32.2. The molecule has 15 amide bonds. The second-order valence-corrected chi connectivity index (χ2v) is 35.9. The van der Waals surface area contributed by atoms with Gasteiger partial charge in [0.15, 0.2) is 5.66 Å². The molecule has 4 heterocycles. The number of nitrogens with zero attached hydrogens (tertiary/aromatic N) is 4. The number of amides is 15. The quantitative estimate of drug-likeness (QED) is 0.0409. The number of primary amides is 1. The minimum atomic E-state index is -2.08.